The molecular weight excluding hydrogens is 318 g/mol. The van der Waals surface area contributed by atoms with Crippen LogP contribution in [-0.2, 0) is 12.8 Å². The molecule has 0 spiro atoms. The monoisotopic (exact) mass is 343 g/mol. The van der Waals surface area contributed by atoms with Gasteiger partial charge in [0.1, 0.15) is 0 Å². The number of thioether (sulfide) groups is 1. The minimum Gasteiger partial charge on any atom is -0.337 e. The van der Waals surface area contributed by atoms with Crippen LogP contribution >= 0.6 is 11.8 Å². The van der Waals surface area contributed by atoms with E-state index in [2.05, 4.69) is 44.1 Å². The Morgan fingerprint density at radius 3 is 2.67 bits per heavy atom. The van der Waals surface area contributed by atoms with Crippen molar-refractivity contribution in [2.45, 2.75) is 44.3 Å². The lowest BCUT2D eigenvalue weighted by molar-refractivity contribution is 0.0748. The normalized spacial score (nSPS) is 12.7. The first-order valence-electron chi connectivity index (χ1n) is 8.65. The molecule has 0 saturated heterocycles. The van der Waals surface area contributed by atoms with Crippen LogP contribution in [0.3, 0.4) is 0 Å². The maximum Gasteiger partial charge on any atom is 0.274 e. The van der Waals surface area contributed by atoms with Gasteiger partial charge in [0, 0.05) is 41.9 Å². The minimum absolute atomic E-state index is 0.0762. The van der Waals surface area contributed by atoms with E-state index in [1.54, 1.807) is 11.8 Å². The van der Waals surface area contributed by atoms with Gasteiger partial charge in [-0.05, 0) is 31.9 Å². The molecule has 5 heteroatoms. The Bertz CT molecular complexity index is 760. The Hall–Kier alpha value is -1.75. The van der Waals surface area contributed by atoms with Crippen LogP contribution in [0.5, 0.6) is 0 Å². The zero-order valence-corrected chi connectivity index (χ0v) is 15.7. The van der Waals surface area contributed by atoms with Crippen molar-refractivity contribution in [2.24, 2.45) is 7.05 Å². The van der Waals surface area contributed by atoms with Crippen molar-refractivity contribution >= 4 is 17.7 Å². The van der Waals surface area contributed by atoms with Gasteiger partial charge >= 0.3 is 0 Å². The Morgan fingerprint density at radius 1 is 1.29 bits per heavy atom. The third-order valence-electron chi connectivity index (χ3n) is 4.38. The molecule has 1 aliphatic heterocycles. The van der Waals surface area contributed by atoms with Crippen LogP contribution in [0.15, 0.2) is 23.1 Å². The molecule has 0 N–H and O–H groups in total. The Morgan fingerprint density at radius 2 is 2.00 bits per heavy atom. The van der Waals surface area contributed by atoms with Gasteiger partial charge in [0.25, 0.3) is 5.91 Å². The predicted molar refractivity (Wildman–Crippen MR) is 99.4 cm³/mol. The number of amides is 1. The van der Waals surface area contributed by atoms with E-state index in [1.165, 1.54) is 16.0 Å². The number of benzene rings is 1. The molecule has 1 aromatic carbocycles. The first-order chi connectivity index (χ1) is 11.6. The van der Waals surface area contributed by atoms with Crippen LogP contribution < -0.4 is 0 Å². The second-order valence-electron chi connectivity index (χ2n) is 6.38. The van der Waals surface area contributed by atoms with Crippen molar-refractivity contribution in [3.05, 3.63) is 35.0 Å². The fourth-order valence-electron chi connectivity index (χ4n) is 3.32. The molecule has 2 aromatic rings. The van der Waals surface area contributed by atoms with E-state index >= 15 is 0 Å². The second kappa shape index (κ2) is 7.01. The van der Waals surface area contributed by atoms with Crippen LogP contribution in [0.25, 0.3) is 11.3 Å². The Balaban J connectivity index is 2.05. The molecule has 24 heavy (non-hydrogen) atoms. The molecule has 3 rings (SSSR count). The molecule has 128 valence electrons. The molecule has 0 unspecified atom stereocenters. The van der Waals surface area contributed by atoms with Crippen molar-refractivity contribution in [3.8, 4) is 11.3 Å². The molecule has 0 bridgehead atoms. The van der Waals surface area contributed by atoms with Crippen LogP contribution in [0.2, 0.25) is 0 Å². The maximum absolute atomic E-state index is 13.0. The van der Waals surface area contributed by atoms with Crippen molar-refractivity contribution in [3.63, 3.8) is 0 Å². The summed E-state index contributed by atoms with van der Waals surface area (Å²) in [5.41, 5.74) is 5.25. The minimum atomic E-state index is 0.0762. The first-order valence-corrected chi connectivity index (χ1v) is 9.64. The molecule has 1 aromatic heterocycles. The molecular formula is C19H25N3OS. The molecule has 1 aliphatic rings. The van der Waals surface area contributed by atoms with E-state index in [9.17, 15) is 4.79 Å². The summed E-state index contributed by atoms with van der Waals surface area (Å²) in [5.74, 6) is 0.888. The number of rotatable bonds is 5. The summed E-state index contributed by atoms with van der Waals surface area (Å²) < 4.78 is 1.89. The third kappa shape index (κ3) is 2.97. The Kier molecular flexibility index (Phi) is 4.99. The quantitative estimate of drug-likeness (QED) is 0.814. The van der Waals surface area contributed by atoms with E-state index in [-0.39, 0.29) is 5.91 Å². The smallest absolute Gasteiger partial charge is 0.274 e. The lowest BCUT2D eigenvalue weighted by Crippen LogP contribution is -2.33. The van der Waals surface area contributed by atoms with Gasteiger partial charge in [-0.25, -0.2) is 0 Å². The summed E-state index contributed by atoms with van der Waals surface area (Å²) in [6.45, 7) is 7.91. The van der Waals surface area contributed by atoms with E-state index in [0.29, 0.717) is 5.69 Å². The molecule has 0 aliphatic carbocycles. The van der Waals surface area contributed by atoms with E-state index in [1.807, 2.05) is 16.6 Å². The van der Waals surface area contributed by atoms with E-state index in [4.69, 9.17) is 0 Å². The Labute approximate surface area is 148 Å². The highest BCUT2D eigenvalue weighted by Gasteiger charge is 2.29. The van der Waals surface area contributed by atoms with Gasteiger partial charge in [-0.1, -0.05) is 25.5 Å². The largest absolute Gasteiger partial charge is 0.337 e. The van der Waals surface area contributed by atoms with Gasteiger partial charge in [-0.3, -0.25) is 9.48 Å². The van der Waals surface area contributed by atoms with Crippen molar-refractivity contribution in [1.29, 1.82) is 0 Å². The summed E-state index contributed by atoms with van der Waals surface area (Å²) in [6.07, 6.45) is 1.94. The summed E-state index contributed by atoms with van der Waals surface area (Å²) in [6, 6.07) is 6.52. The number of hydrogen-bond donors (Lipinski definition) is 0. The molecule has 0 fully saturated rings. The van der Waals surface area contributed by atoms with E-state index in [0.717, 1.165) is 42.9 Å². The number of nitrogens with zero attached hydrogens (tertiary/aromatic N) is 3. The molecule has 2 heterocycles. The van der Waals surface area contributed by atoms with Crippen molar-refractivity contribution in [2.75, 3.05) is 13.1 Å². The van der Waals surface area contributed by atoms with Crippen LogP contribution in [0.4, 0.5) is 0 Å². The van der Waals surface area contributed by atoms with Gasteiger partial charge in [0.2, 0.25) is 0 Å². The summed E-state index contributed by atoms with van der Waals surface area (Å²) in [4.78, 5) is 16.2. The highest BCUT2D eigenvalue weighted by Crippen LogP contribution is 2.43. The first kappa shape index (κ1) is 17.1. The van der Waals surface area contributed by atoms with Gasteiger partial charge in [-0.2, -0.15) is 5.10 Å². The van der Waals surface area contributed by atoms with Crippen LogP contribution in [0, 0.1) is 6.92 Å². The average Bonchev–Trinajstić information content (AvgIpc) is 2.91. The zero-order chi connectivity index (χ0) is 17.3. The highest BCUT2D eigenvalue weighted by atomic mass is 32.2. The fraction of sp³-hybridized carbons (Fsp3) is 0.474. The highest BCUT2D eigenvalue weighted by molar-refractivity contribution is 7.98. The number of carbonyl (C=O) groups is 1. The predicted octanol–water partition coefficient (Wildman–Crippen LogP) is 4.26. The van der Waals surface area contributed by atoms with Gasteiger partial charge in [0.15, 0.2) is 5.69 Å². The summed E-state index contributed by atoms with van der Waals surface area (Å²) in [5, 5.41) is 4.62. The number of aromatic nitrogens is 2. The van der Waals surface area contributed by atoms with Crippen molar-refractivity contribution in [1.82, 2.24) is 14.7 Å². The molecule has 0 radical (unpaired) electrons. The molecule has 0 atom stereocenters. The standard InChI is InChI=1S/C19H25N3OS/c1-5-9-22(10-6-2)19(23)17-15-12-24-16-8-7-13(3)11-14(16)18(15)21(4)20-17/h7-8,11H,5-6,9-10,12H2,1-4H3. The lowest BCUT2D eigenvalue weighted by Gasteiger charge is -2.22. The van der Waals surface area contributed by atoms with Gasteiger partial charge in [-0.15, -0.1) is 11.8 Å². The van der Waals surface area contributed by atoms with Gasteiger partial charge < -0.3 is 4.90 Å². The SMILES string of the molecule is CCCN(CCC)C(=O)c1nn(C)c2c1CSc1ccc(C)cc1-2. The topological polar surface area (TPSA) is 38.1 Å². The van der Waals surface area contributed by atoms with E-state index < -0.39 is 0 Å². The fourth-order valence-corrected chi connectivity index (χ4v) is 4.37. The second-order valence-corrected chi connectivity index (χ2v) is 7.40. The number of hydrogen-bond acceptors (Lipinski definition) is 3. The molecule has 4 nitrogen and oxygen atoms in total. The van der Waals surface area contributed by atoms with Crippen molar-refractivity contribution < 1.29 is 4.79 Å². The molecule has 1 amide bonds. The summed E-state index contributed by atoms with van der Waals surface area (Å²) in [7, 11) is 1.95. The number of fused-ring (bicyclic) bond motifs is 3. The van der Waals surface area contributed by atoms with Crippen LogP contribution in [0.1, 0.15) is 48.3 Å². The number of aryl methyl sites for hydroxylation is 2. The number of carbonyl (C=O) groups excluding carboxylic acids is 1. The van der Waals surface area contributed by atoms with Gasteiger partial charge in [0.05, 0.1) is 5.69 Å². The summed E-state index contributed by atoms with van der Waals surface area (Å²) >= 11 is 1.80. The lowest BCUT2D eigenvalue weighted by atomic mass is 10.0. The maximum atomic E-state index is 13.0. The zero-order valence-electron chi connectivity index (χ0n) is 14.9. The third-order valence-corrected chi connectivity index (χ3v) is 5.48. The van der Waals surface area contributed by atoms with Crippen LogP contribution in [-0.4, -0.2) is 33.7 Å². The molecule has 0 saturated carbocycles. The average molecular weight is 343 g/mol.